The molecule has 0 aromatic carbocycles. The third-order valence-corrected chi connectivity index (χ3v) is 2.17. The number of amides is 1. The van der Waals surface area contributed by atoms with E-state index in [4.69, 9.17) is 4.42 Å². The Bertz CT molecular complexity index is 702. The summed E-state index contributed by atoms with van der Waals surface area (Å²) >= 11 is 0. The Labute approximate surface area is 101 Å². The van der Waals surface area contributed by atoms with Crippen LogP contribution in [0.1, 0.15) is 6.92 Å². The molecule has 1 N–H and O–H groups in total. The largest absolute Gasteiger partial charge is 0.461 e. The topological polar surface area (TPSA) is 98.2 Å². The molecule has 3 aromatic rings. The maximum absolute atomic E-state index is 11.0. The van der Waals surface area contributed by atoms with Crippen LogP contribution in [0.4, 0.5) is 5.95 Å². The van der Waals surface area contributed by atoms with Gasteiger partial charge >= 0.3 is 0 Å². The van der Waals surface area contributed by atoms with Crippen LogP contribution in [-0.4, -0.2) is 30.5 Å². The lowest BCUT2D eigenvalue weighted by molar-refractivity contribution is -0.114. The Hall–Kier alpha value is -2.77. The van der Waals surface area contributed by atoms with Gasteiger partial charge in [-0.1, -0.05) is 0 Å². The van der Waals surface area contributed by atoms with Crippen LogP contribution in [0.15, 0.2) is 29.1 Å². The van der Waals surface area contributed by atoms with Gasteiger partial charge in [0.15, 0.2) is 5.76 Å². The van der Waals surface area contributed by atoms with E-state index in [0.29, 0.717) is 17.4 Å². The fourth-order valence-corrected chi connectivity index (χ4v) is 1.47. The predicted molar refractivity (Wildman–Crippen MR) is 60.6 cm³/mol. The van der Waals surface area contributed by atoms with Crippen LogP contribution < -0.4 is 5.32 Å². The highest BCUT2D eigenvalue weighted by molar-refractivity contribution is 5.86. The molecule has 0 aliphatic rings. The van der Waals surface area contributed by atoms with Crippen LogP contribution >= 0.6 is 0 Å². The normalized spacial score (nSPS) is 10.7. The Balaban J connectivity index is 2.14. The fraction of sp³-hybridized carbons (Fsp3) is 0.100. The van der Waals surface area contributed by atoms with Gasteiger partial charge in [-0.05, 0) is 12.1 Å². The second-order valence-corrected chi connectivity index (χ2v) is 3.50. The van der Waals surface area contributed by atoms with Crippen molar-refractivity contribution in [2.75, 3.05) is 5.32 Å². The Morgan fingerprint density at radius 1 is 1.44 bits per heavy atom. The molecule has 0 fully saturated rings. The van der Waals surface area contributed by atoms with Crippen molar-refractivity contribution in [3.8, 4) is 11.6 Å². The van der Waals surface area contributed by atoms with E-state index in [0.717, 1.165) is 0 Å². The summed E-state index contributed by atoms with van der Waals surface area (Å²) in [7, 11) is 0. The number of carbonyl (C=O) groups excluding carboxylic acids is 1. The Morgan fingerprint density at radius 2 is 2.33 bits per heavy atom. The van der Waals surface area contributed by atoms with E-state index in [1.165, 1.54) is 24.0 Å². The quantitative estimate of drug-likeness (QED) is 0.713. The predicted octanol–water partition coefficient (Wildman–Crippen LogP) is 0.738. The average molecular weight is 244 g/mol. The van der Waals surface area contributed by atoms with Gasteiger partial charge in [-0.2, -0.15) is 14.5 Å². The lowest BCUT2D eigenvalue weighted by Crippen LogP contribution is -2.12. The number of aromatic nitrogens is 5. The van der Waals surface area contributed by atoms with Gasteiger partial charge in [0.1, 0.15) is 6.33 Å². The number of nitrogens with one attached hydrogen (secondary N) is 1. The van der Waals surface area contributed by atoms with Gasteiger partial charge in [0, 0.05) is 6.92 Å². The molecule has 3 heterocycles. The molecule has 0 spiro atoms. The minimum absolute atomic E-state index is 0.245. The SMILES string of the molecule is CC(=O)Nc1ncnc2nc(-c3ccco3)nn12. The monoisotopic (exact) mass is 244 g/mol. The first-order chi connectivity index (χ1) is 8.74. The van der Waals surface area contributed by atoms with Crippen molar-refractivity contribution in [1.82, 2.24) is 24.6 Å². The lowest BCUT2D eigenvalue weighted by Gasteiger charge is -2.00. The van der Waals surface area contributed by atoms with E-state index in [-0.39, 0.29) is 11.9 Å². The third kappa shape index (κ3) is 1.69. The van der Waals surface area contributed by atoms with Crippen molar-refractivity contribution < 1.29 is 9.21 Å². The summed E-state index contributed by atoms with van der Waals surface area (Å²) < 4.78 is 6.54. The first kappa shape index (κ1) is 10.4. The number of rotatable bonds is 2. The highest BCUT2D eigenvalue weighted by Crippen LogP contribution is 2.16. The van der Waals surface area contributed by atoms with Crippen LogP contribution in [0.2, 0.25) is 0 Å². The van der Waals surface area contributed by atoms with Gasteiger partial charge in [0.25, 0.3) is 5.78 Å². The van der Waals surface area contributed by atoms with Crippen LogP contribution in [0.5, 0.6) is 0 Å². The highest BCUT2D eigenvalue weighted by Gasteiger charge is 2.13. The summed E-state index contributed by atoms with van der Waals surface area (Å²) in [5.74, 6) is 1.25. The minimum Gasteiger partial charge on any atom is -0.461 e. The standard InChI is InChI=1S/C10H8N6O2/c1-6(17)13-9-11-5-12-10-14-8(15-16(9)10)7-3-2-4-18-7/h2-5H,1H3,(H,11,12,13,14,15,17). The van der Waals surface area contributed by atoms with Gasteiger partial charge in [0.2, 0.25) is 17.7 Å². The van der Waals surface area contributed by atoms with E-state index < -0.39 is 0 Å². The lowest BCUT2D eigenvalue weighted by atomic mass is 10.4. The molecule has 0 radical (unpaired) electrons. The molecule has 3 aromatic heterocycles. The Kier molecular flexibility index (Phi) is 2.26. The number of anilines is 1. The number of hydrogen-bond donors (Lipinski definition) is 1. The van der Waals surface area contributed by atoms with Gasteiger partial charge in [-0.25, -0.2) is 4.98 Å². The molecule has 1 amide bonds. The summed E-state index contributed by atoms with van der Waals surface area (Å²) in [5, 5.41) is 6.73. The zero-order valence-corrected chi connectivity index (χ0v) is 9.36. The minimum atomic E-state index is -0.245. The zero-order valence-electron chi connectivity index (χ0n) is 9.36. The summed E-state index contributed by atoms with van der Waals surface area (Å²) in [6, 6.07) is 3.47. The molecule has 0 saturated carbocycles. The molecule has 0 unspecified atom stereocenters. The second-order valence-electron chi connectivity index (χ2n) is 3.50. The second kappa shape index (κ2) is 3.91. The van der Waals surface area contributed by atoms with E-state index in [2.05, 4.69) is 25.4 Å². The fourth-order valence-electron chi connectivity index (χ4n) is 1.47. The Morgan fingerprint density at radius 3 is 3.06 bits per heavy atom. The van der Waals surface area contributed by atoms with Gasteiger partial charge < -0.3 is 4.42 Å². The number of furan rings is 1. The van der Waals surface area contributed by atoms with Crippen LogP contribution in [-0.2, 0) is 4.79 Å². The van der Waals surface area contributed by atoms with E-state index >= 15 is 0 Å². The van der Waals surface area contributed by atoms with Crippen molar-refractivity contribution >= 4 is 17.6 Å². The molecule has 0 aliphatic heterocycles. The maximum atomic E-state index is 11.0. The van der Waals surface area contributed by atoms with Crippen LogP contribution in [0.3, 0.4) is 0 Å². The van der Waals surface area contributed by atoms with Crippen molar-refractivity contribution in [1.29, 1.82) is 0 Å². The van der Waals surface area contributed by atoms with Crippen molar-refractivity contribution in [2.24, 2.45) is 0 Å². The molecular formula is C10H8N6O2. The van der Waals surface area contributed by atoms with Gasteiger partial charge in [-0.3, -0.25) is 10.1 Å². The molecule has 18 heavy (non-hydrogen) atoms. The smallest absolute Gasteiger partial charge is 0.257 e. The van der Waals surface area contributed by atoms with Crippen molar-refractivity contribution in [3.63, 3.8) is 0 Å². The number of hydrogen-bond acceptors (Lipinski definition) is 6. The van der Waals surface area contributed by atoms with Crippen molar-refractivity contribution in [3.05, 3.63) is 24.7 Å². The van der Waals surface area contributed by atoms with Crippen LogP contribution in [0.25, 0.3) is 17.4 Å². The molecule has 8 nitrogen and oxygen atoms in total. The van der Waals surface area contributed by atoms with Crippen LogP contribution in [0, 0.1) is 0 Å². The number of fused-ring (bicyclic) bond motifs is 1. The number of nitrogens with zero attached hydrogens (tertiary/aromatic N) is 5. The van der Waals surface area contributed by atoms with Gasteiger partial charge in [0.05, 0.1) is 6.26 Å². The van der Waals surface area contributed by atoms with E-state index in [1.807, 2.05) is 0 Å². The molecule has 0 saturated heterocycles. The first-order valence-electron chi connectivity index (χ1n) is 5.13. The molecule has 0 bridgehead atoms. The van der Waals surface area contributed by atoms with Gasteiger partial charge in [-0.15, -0.1) is 5.10 Å². The van der Waals surface area contributed by atoms with E-state index in [9.17, 15) is 4.79 Å². The maximum Gasteiger partial charge on any atom is 0.257 e. The van der Waals surface area contributed by atoms with Crippen molar-refractivity contribution in [2.45, 2.75) is 6.92 Å². The molecule has 90 valence electrons. The summed E-state index contributed by atoms with van der Waals surface area (Å²) in [6.07, 6.45) is 2.84. The molecule has 8 heteroatoms. The molecule has 0 atom stereocenters. The summed E-state index contributed by atoms with van der Waals surface area (Å²) in [6.45, 7) is 1.39. The highest BCUT2D eigenvalue weighted by atomic mass is 16.3. The molecule has 0 aliphatic carbocycles. The average Bonchev–Trinajstić information content (AvgIpc) is 2.97. The first-order valence-corrected chi connectivity index (χ1v) is 5.13. The summed E-state index contributed by atoms with van der Waals surface area (Å²) in [4.78, 5) is 23.1. The summed E-state index contributed by atoms with van der Waals surface area (Å²) in [5.41, 5.74) is 0. The van der Waals surface area contributed by atoms with E-state index in [1.54, 1.807) is 12.1 Å². The molecular weight excluding hydrogens is 236 g/mol. The third-order valence-electron chi connectivity index (χ3n) is 2.17. The zero-order chi connectivity index (χ0) is 12.5. The molecule has 3 rings (SSSR count). The number of carbonyl (C=O) groups is 1.